The van der Waals surface area contributed by atoms with E-state index in [1.165, 1.54) is 161 Å². The number of allylic oxidation sites excluding steroid dienone is 6. The monoisotopic (exact) mass is 1070 g/mol. The van der Waals surface area contributed by atoms with Gasteiger partial charge >= 0.3 is 5.97 Å². The second-order valence-electron chi connectivity index (χ2n) is 21.5. The zero-order valence-electron chi connectivity index (χ0n) is 47.3. The maximum Gasteiger partial charge on any atom is 0.306 e. The van der Waals surface area contributed by atoms with E-state index in [0.29, 0.717) is 13.0 Å². The van der Waals surface area contributed by atoms with Crippen LogP contribution in [-0.2, 0) is 33.2 Å². The first-order chi connectivity index (χ1) is 36.6. The molecule has 0 amide bonds. The van der Waals surface area contributed by atoms with Gasteiger partial charge in [-0.05, 0) is 51.4 Å². The van der Waals surface area contributed by atoms with Gasteiger partial charge in [-0.15, -0.1) is 0 Å². The molecule has 2 aliphatic rings. The molecule has 0 radical (unpaired) electrons. The van der Waals surface area contributed by atoms with Gasteiger partial charge in [-0.3, -0.25) is 4.79 Å². The number of hydrogen-bond acceptors (Lipinski definition) is 14. The van der Waals surface area contributed by atoms with Crippen molar-refractivity contribution in [2.75, 3.05) is 33.0 Å². The Morgan fingerprint density at radius 1 is 0.440 bits per heavy atom. The third-order valence-electron chi connectivity index (χ3n) is 14.7. The highest BCUT2D eigenvalue weighted by Crippen LogP contribution is 2.27. The molecule has 0 aromatic rings. The highest BCUT2D eigenvalue weighted by molar-refractivity contribution is 5.69. The third kappa shape index (κ3) is 34.7. The minimum absolute atomic E-state index is 0.0577. The Hall–Kier alpha value is -1.79. The van der Waals surface area contributed by atoms with Crippen LogP contribution in [0.25, 0.3) is 0 Å². The Bertz CT molecular complexity index is 1380. The van der Waals surface area contributed by atoms with Crippen LogP contribution in [0.5, 0.6) is 0 Å². The molecule has 7 N–H and O–H groups in total. The Balaban J connectivity index is 1.70. The molecule has 2 aliphatic heterocycles. The minimum Gasteiger partial charge on any atom is -0.457 e. The maximum atomic E-state index is 13.1. The fourth-order valence-electron chi connectivity index (χ4n) is 9.71. The lowest BCUT2D eigenvalue weighted by Gasteiger charge is -2.42. The summed E-state index contributed by atoms with van der Waals surface area (Å²) in [6.07, 6.45) is 40.6. The lowest BCUT2D eigenvalue weighted by atomic mass is 9.98. The number of aliphatic hydroxyl groups excluding tert-OH is 7. The molecule has 2 fully saturated rings. The second kappa shape index (κ2) is 48.1. The summed E-state index contributed by atoms with van der Waals surface area (Å²) in [7, 11) is 0. The maximum absolute atomic E-state index is 13.1. The molecule has 0 aromatic carbocycles. The van der Waals surface area contributed by atoms with E-state index in [4.69, 9.17) is 28.4 Å². The zero-order chi connectivity index (χ0) is 54.4. The summed E-state index contributed by atoms with van der Waals surface area (Å²) < 4.78 is 34.4. The van der Waals surface area contributed by atoms with E-state index in [1.54, 1.807) is 0 Å². The number of unbranched alkanes of at least 4 members (excludes halogenated alkanes) is 30. The van der Waals surface area contributed by atoms with Gasteiger partial charge in [0.2, 0.25) is 0 Å². The fourth-order valence-corrected chi connectivity index (χ4v) is 9.71. The Morgan fingerprint density at radius 2 is 0.827 bits per heavy atom. The smallest absolute Gasteiger partial charge is 0.306 e. The molecule has 0 spiro atoms. The molecule has 440 valence electrons. The molecule has 14 nitrogen and oxygen atoms in total. The van der Waals surface area contributed by atoms with Crippen molar-refractivity contribution in [3.63, 3.8) is 0 Å². The molecule has 0 aliphatic carbocycles. The van der Waals surface area contributed by atoms with E-state index in [1.807, 2.05) is 0 Å². The largest absolute Gasteiger partial charge is 0.457 e. The highest BCUT2D eigenvalue weighted by Gasteiger charge is 2.47. The van der Waals surface area contributed by atoms with Crippen molar-refractivity contribution in [1.29, 1.82) is 0 Å². The number of hydrogen-bond donors (Lipinski definition) is 7. The molecule has 11 atom stereocenters. The average molecular weight is 1070 g/mol. The summed E-state index contributed by atoms with van der Waals surface area (Å²) in [6, 6.07) is 0. The molecule has 0 bridgehead atoms. The van der Waals surface area contributed by atoms with Crippen LogP contribution in [0, 0.1) is 0 Å². The van der Waals surface area contributed by atoms with Gasteiger partial charge < -0.3 is 64.2 Å². The van der Waals surface area contributed by atoms with Crippen molar-refractivity contribution < 1.29 is 69.0 Å². The van der Waals surface area contributed by atoms with E-state index < -0.39 is 80.7 Å². The zero-order valence-corrected chi connectivity index (χ0v) is 47.3. The number of esters is 1. The molecule has 2 heterocycles. The molecule has 2 saturated heterocycles. The van der Waals surface area contributed by atoms with Crippen LogP contribution in [0.15, 0.2) is 36.5 Å². The van der Waals surface area contributed by atoms with Gasteiger partial charge in [0.1, 0.15) is 54.9 Å². The van der Waals surface area contributed by atoms with E-state index in [0.717, 1.165) is 57.8 Å². The van der Waals surface area contributed by atoms with Gasteiger partial charge in [0.15, 0.2) is 12.6 Å². The van der Waals surface area contributed by atoms with E-state index in [9.17, 15) is 40.5 Å². The molecule has 0 aromatic heterocycles. The van der Waals surface area contributed by atoms with Gasteiger partial charge in [0.05, 0.1) is 26.4 Å². The normalized spacial score (nSPS) is 24.8. The topological polar surface area (TPSA) is 214 Å². The van der Waals surface area contributed by atoms with Crippen LogP contribution < -0.4 is 0 Å². The van der Waals surface area contributed by atoms with Crippen LogP contribution in [0.4, 0.5) is 0 Å². The van der Waals surface area contributed by atoms with Gasteiger partial charge in [-0.25, -0.2) is 0 Å². The summed E-state index contributed by atoms with van der Waals surface area (Å²) in [6.45, 7) is 3.68. The second-order valence-corrected chi connectivity index (χ2v) is 21.5. The van der Waals surface area contributed by atoms with Crippen LogP contribution >= 0.6 is 0 Å². The molecular formula is C61H112O14. The standard InChI is InChI=1S/C61H112O14/c1-3-5-7-9-11-13-15-17-19-21-23-25-26-28-30-32-34-36-38-40-42-44-53(63)73-50(47-70-45-43-41-39-37-35-33-31-29-27-24-22-20-18-16-14-12-10-8-6-4-2)48-71-60-59(69)57(67)55(65)52(75-60)49-72-61-58(68)56(66)54(64)51(46-62)74-61/h12,14,18,20,24,27,50-52,54-62,64-69H,3-11,13,15-17,19,21-23,25-26,28-49H2,1-2H3/b14-12-,20-18-,27-24-. The lowest BCUT2D eigenvalue weighted by molar-refractivity contribution is -0.332. The first-order valence-corrected chi connectivity index (χ1v) is 30.6. The number of carbonyl (C=O) groups excluding carboxylic acids is 1. The SMILES string of the molecule is CCCCC/C=C\C/C=C\C/C=C\CCCCCCCCCOCC(COC1OC(COC2OC(CO)C(O)C(O)C2O)C(O)C(O)C1O)OC(=O)CCCCCCCCCCCCCCCCCCCCCCC. The molecule has 11 unspecified atom stereocenters. The van der Waals surface area contributed by atoms with Gasteiger partial charge in [-0.1, -0.05) is 224 Å². The number of aliphatic hydroxyl groups is 7. The lowest BCUT2D eigenvalue weighted by Crippen LogP contribution is -2.61. The number of rotatable bonds is 50. The van der Waals surface area contributed by atoms with Crippen molar-refractivity contribution >= 4 is 5.97 Å². The first kappa shape index (κ1) is 69.3. The molecular weight excluding hydrogens is 957 g/mol. The highest BCUT2D eigenvalue weighted by atomic mass is 16.7. The van der Waals surface area contributed by atoms with E-state index >= 15 is 0 Å². The van der Waals surface area contributed by atoms with Gasteiger partial charge in [0, 0.05) is 13.0 Å². The Morgan fingerprint density at radius 3 is 1.32 bits per heavy atom. The van der Waals surface area contributed by atoms with Gasteiger partial charge in [0.25, 0.3) is 0 Å². The predicted octanol–water partition coefficient (Wildman–Crippen LogP) is 11.3. The molecule has 14 heteroatoms. The number of ether oxygens (including phenoxy) is 6. The summed E-state index contributed by atoms with van der Waals surface area (Å²) in [5, 5.41) is 72.4. The summed E-state index contributed by atoms with van der Waals surface area (Å²) in [4.78, 5) is 13.1. The minimum atomic E-state index is -1.71. The molecule has 0 saturated carbocycles. The number of carbonyl (C=O) groups is 1. The molecule has 2 rings (SSSR count). The van der Waals surface area contributed by atoms with Crippen LogP contribution in [0.3, 0.4) is 0 Å². The van der Waals surface area contributed by atoms with Crippen LogP contribution in [-0.4, -0.2) is 142 Å². The predicted molar refractivity (Wildman–Crippen MR) is 298 cm³/mol. The quantitative estimate of drug-likeness (QED) is 0.0172. The van der Waals surface area contributed by atoms with Crippen molar-refractivity contribution in [1.82, 2.24) is 0 Å². The summed E-state index contributed by atoms with van der Waals surface area (Å²) in [5.41, 5.74) is 0. The van der Waals surface area contributed by atoms with Crippen molar-refractivity contribution in [2.45, 2.75) is 313 Å². The van der Waals surface area contributed by atoms with Gasteiger partial charge in [-0.2, -0.15) is 0 Å². The van der Waals surface area contributed by atoms with E-state index in [2.05, 4.69) is 50.3 Å². The molecule has 75 heavy (non-hydrogen) atoms. The van der Waals surface area contributed by atoms with Crippen molar-refractivity contribution in [3.8, 4) is 0 Å². The Kier molecular flexibility index (Phi) is 44.5. The van der Waals surface area contributed by atoms with E-state index in [-0.39, 0.29) is 25.6 Å². The summed E-state index contributed by atoms with van der Waals surface area (Å²) >= 11 is 0. The van der Waals surface area contributed by atoms with Crippen molar-refractivity contribution in [2.24, 2.45) is 0 Å². The average Bonchev–Trinajstić information content (AvgIpc) is 3.41. The van der Waals surface area contributed by atoms with Crippen LogP contribution in [0.1, 0.15) is 245 Å². The third-order valence-corrected chi connectivity index (χ3v) is 14.7. The van der Waals surface area contributed by atoms with Crippen molar-refractivity contribution in [3.05, 3.63) is 36.5 Å². The summed E-state index contributed by atoms with van der Waals surface area (Å²) in [5.74, 6) is -0.375. The Labute approximate surface area is 455 Å². The fraction of sp³-hybridized carbons (Fsp3) is 0.885. The first-order valence-electron chi connectivity index (χ1n) is 30.6. The van der Waals surface area contributed by atoms with Crippen LogP contribution in [0.2, 0.25) is 0 Å².